The molecule has 9 nitrogen and oxygen atoms in total. The first-order valence-electron chi connectivity index (χ1n) is 4.96. The quantitative estimate of drug-likeness (QED) is 0.633. The smallest absolute Gasteiger partial charge is 0.305 e. The number of amides is 1. The molecule has 0 fully saturated rings. The third-order valence-corrected chi connectivity index (χ3v) is 7.66. The molecule has 1 aliphatic heterocycles. The zero-order valence-corrected chi connectivity index (χ0v) is 12.0. The summed E-state index contributed by atoms with van der Waals surface area (Å²) < 4.78 is 45.8. The molecule has 1 aliphatic rings. The Bertz CT molecular complexity index is 805. The van der Waals surface area contributed by atoms with Crippen LogP contribution < -0.4 is 10.5 Å². The molecule has 1 aromatic heterocycles. The lowest BCUT2D eigenvalue weighted by atomic mass is 10.3. The van der Waals surface area contributed by atoms with Gasteiger partial charge in [0.15, 0.2) is 5.25 Å². The molecule has 0 saturated heterocycles. The summed E-state index contributed by atoms with van der Waals surface area (Å²) in [7, 11) is -8.38. The van der Waals surface area contributed by atoms with Crippen molar-refractivity contribution < 1.29 is 31.5 Å². The van der Waals surface area contributed by atoms with Crippen LogP contribution in [0.4, 0.5) is 5.69 Å². The number of aliphatic carboxylic acids is 1. The predicted octanol–water partition coefficient (Wildman–Crippen LogP) is -1.04. The average Bonchev–Trinajstić information content (AvgIpc) is 2.68. The lowest BCUT2D eigenvalue weighted by Gasteiger charge is -2.20. The number of nitrogens with two attached hydrogens (primary N) is 1. The molecule has 2 rings (SSSR count). The first-order valence-corrected chi connectivity index (χ1v) is 8.87. The van der Waals surface area contributed by atoms with Crippen molar-refractivity contribution in [3.63, 3.8) is 0 Å². The van der Waals surface area contributed by atoms with Gasteiger partial charge in [0.05, 0.1) is 12.1 Å². The Hall–Kier alpha value is -1.50. The van der Waals surface area contributed by atoms with Gasteiger partial charge in [-0.15, -0.1) is 11.3 Å². The molecule has 0 bridgehead atoms. The maximum absolute atomic E-state index is 12.1. The minimum absolute atomic E-state index is 0.203. The van der Waals surface area contributed by atoms with Gasteiger partial charge in [0, 0.05) is 0 Å². The fourth-order valence-electron chi connectivity index (χ4n) is 1.64. The maximum atomic E-state index is 12.1. The van der Waals surface area contributed by atoms with Gasteiger partial charge in [0.2, 0.25) is 25.8 Å². The van der Waals surface area contributed by atoms with Crippen LogP contribution in [0.1, 0.15) is 6.42 Å². The van der Waals surface area contributed by atoms with Crippen LogP contribution in [-0.4, -0.2) is 39.1 Å². The van der Waals surface area contributed by atoms with Crippen LogP contribution >= 0.6 is 11.3 Å². The Morgan fingerprint density at radius 3 is 2.60 bits per heavy atom. The number of hydrogen-bond donors (Lipinski definition) is 3. The molecular formula is C8H8N2O7S3. The van der Waals surface area contributed by atoms with E-state index in [4.69, 9.17) is 10.2 Å². The van der Waals surface area contributed by atoms with E-state index in [1.807, 2.05) is 0 Å². The van der Waals surface area contributed by atoms with E-state index < -0.39 is 51.8 Å². The van der Waals surface area contributed by atoms with Gasteiger partial charge >= 0.3 is 5.97 Å². The predicted molar refractivity (Wildman–Crippen MR) is 67.5 cm³/mol. The molecule has 0 aromatic carbocycles. The number of carbonyl (C=O) groups excluding carboxylic acids is 1. The summed E-state index contributed by atoms with van der Waals surface area (Å²) in [6.45, 7) is 0. The van der Waals surface area contributed by atoms with Crippen molar-refractivity contribution in [3.05, 3.63) is 6.07 Å². The summed E-state index contributed by atoms with van der Waals surface area (Å²) in [5.41, 5.74) is -0.203. The molecule has 20 heavy (non-hydrogen) atoms. The van der Waals surface area contributed by atoms with Crippen molar-refractivity contribution in [1.82, 2.24) is 0 Å². The Kier molecular flexibility index (Phi) is 3.36. The molecular weight excluding hydrogens is 332 g/mol. The third kappa shape index (κ3) is 2.42. The van der Waals surface area contributed by atoms with Gasteiger partial charge in [0.25, 0.3) is 0 Å². The highest BCUT2D eigenvalue weighted by atomic mass is 32.3. The highest BCUT2D eigenvalue weighted by Crippen LogP contribution is 2.39. The zero-order chi connectivity index (χ0) is 15.3. The lowest BCUT2D eigenvalue weighted by molar-refractivity contribution is -0.138. The number of carbonyl (C=O) groups is 2. The van der Waals surface area contributed by atoms with Crippen molar-refractivity contribution in [2.24, 2.45) is 5.14 Å². The van der Waals surface area contributed by atoms with Crippen LogP contribution in [0.3, 0.4) is 0 Å². The third-order valence-electron chi connectivity index (χ3n) is 2.50. The summed E-state index contributed by atoms with van der Waals surface area (Å²) in [4.78, 5) is 22.3. The Morgan fingerprint density at radius 2 is 2.10 bits per heavy atom. The highest BCUT2D eigenvalue weighted by molar-refractivity contribution is 7.96. The summed E-state index contributed by atoms with van der Waals surface area (Å²) in [6.07, 6.45) is -0.907. The molecule has 4 N–H and O–H groups in total. The molecule has 2 heterocycles. The second-order valence-electron chi connectivity index (χ2n) is 3.93. The maximum Gasteiger partial charge on any atom is 0.305 e. The molecule has 1 unspecified atom stereocenters. The van der Waals surface area contributed by atoms with Crippen LogP contribution in [0.2, 0.25) is 0 Å². The molecule has 0 aliphatic carbocycles. The Morgan fingerprint density at radius 1 is 1.50 bits per heavy atom. The van der Waals surface area contributed by atoms with Crippen LogP contribution in [0.25, 0.3) is 0 Å². The van der Waals surface area contributed by atoms with E-state index in [2.05, 4.69) is 5.32 Å². The van der Waals surface area contributed by atoms with Crippen LogP contribution in [0.5, 0.6) is 0 Å². The SMILES string of the molecule is NS(=O)(=O)c1cc2c(s1)S(=O)(=O)C(CC(=O)O)C(=O)N2. The van der Waals surface area contributed by atoms with Crippen molar-refractivity contribution in [2.45, 2.75) is 20.1 Å². The van der Waals surface area contributed by atoms with Gasteiger partial charge in [-0.3, -0.25) is 9.59 Å². The molecule has 1 atom stereocenters. The number of sulfonamides is 1. The number of hydrogen-bond acceptors (Lipinski definition) is 7. The van der Waals surface area contributed by atoms with E-state index in [1.54, 1.807) is 0 Å². The van der Waals surface area contributed by atoms with E-state index in [-0.39, 0.29) is 5.69 Å². The number of primary sulfonamides is 1. The van der Waals surface area contributed by atoms with E-state index >= 15 is 0 Å². The van der Waals surface area contributed by atoms with Crippen LogP contribution in [-0.2, 0) is 29.4 Å². The minimum Gasteiger partial charge on any atom is -0.481 e. The average molecular weight is 340 g/mol. The van der Waals surface area contributed by atoms with E-state index in [1.165, 1.54) is 0 Å². The second kappa shape index (κ2) is 4.51. The largest absolute Gasteiger partial charge is 0.481 e. The second-order valence-corrected chi connectivity index (χ2v) is 9.10. The molecule has 0 radical (unpaired) electrons. The van der Waals surface area contributed by atoms with Gasteiger partial charge in [-0.25, -0.2) is 22.0 Å². The minimum atomic E-state index is -4.26. The topological polar surface area (TPSA) is 161 Å². The molecule has 0 saturated carbocycles. The standard InChI is InChI=1S/C8H8N2O7S3/c9-20(16,17)6-1-3-8(18-6)19(14,15)4(2-5(11)12)7(13)10-3/h1,4H,2H2,(H,10,13)(H,11,12)(H2,9,16,17). The van der Waals surface area contributed by atoms with Gasteiger partial charge in [-0.05, 0) is 6.07 Å². The molecule has 1 amide bonds. The molecule has 0 spiro atoms. The Labute approximate surface area is 117 Å². The van der Waals surface area contributed by atoms with Crippen molar-refractivity contribution in [1.29, 1.82) is 0 Å². The molecule has 1 aromatic rings. The van der Waals surface area contributed by atoms with E-state index in [9.17, 15) is 26.4 Å². The summed E-state index contributed by atoms with van der Waals surface area (Å²) in [5, 5.41) is 13.9. The van der Waals surface area contributed by atoms with Crippen molar-refractivity contribution in [3.8, 4) is 0 Å². The van der Waals surface area contributed by atoms with Gasteiger partial charge in [0.1, 0.15) is 8.42 Å². The van der Waals surface area contributed by atoms with E-state index in [0.717, 1.165) is 6.07 Å². The number of carboxylic acid groups (broad SMARTS) is 1. The van der Waals surface area contributed by atoms with Crippen LogP contribution in [0.15, 0.2) is 14.5 Å². The number of fused-ring (bicyclic) bond motifs is 1. The zero-order valence-electron chi connectivity index (χ0n) is 9.56. The summed E-state index contributed by atoms with van der Waals surface area (Å²) >= 11 is 0.374. The first kappa shape index (κ1) is 14.9. The number of carboxylic acids is 1. The molecule has 12 heteroatoms. The van der Waals surface area contributed by atoms with Crippen molar-refractivity contribution in [2.75, 3.05) is 5.32 Å². The fraction of sp³-hybridized carbons (Fsp3) is 0.250. The lowest BCUT2D eigenvalue weighted by Crippen LogP contribution is -2.40. The van der Waals surface area contributed by atoms with E-state index in [0.29, 0.717) is 11.3 Å². The summed E-state index contributed by atoms with van der Waals surface area (Å²) in [6, 6.07) is 0.932. The van der Waals surface area contributed by atoms with Gasteiger partial charge in [-0.2, -0.15) is 0 Å². The number of rotatable bonds is 3. The number of nitrogens with one attached hydrogen (secondary N) is 1. The summed E-state index contributed by atoms with van der Waals surface area (Å²) in [5.74, 6) is -2.47. The van der Waals surface area contributed by atoms with Gasteiger partial charge in [-0.1, -0.05) is 0 Å². The first-order chi connectivity index (χ1) is 9.03. The normalized spacial score (nSPS) is 21.1. The Balaban J connectivity index is 2.61. The highest BCUT2D eigenvalue weighted by Gasteiger charge is 2.43. The number of anilines is 1. The van der Waals surface area contributed by atoms with Crippen LogP contribution in [0, 0.1) is 0 Å². The monoisotopic (exact) mass is 340 g/mol. The van der Waals surface area contributed by atoms with Crippen molar-refractivity contribution >= 4 is 48.8 Å². The molecule has 110 valence electrons. The number of thiophene rings is 1. The number of sulfone groups is 1. The van der Waals surface area contributed by atoms with Gasteiger partial charge < -0.3 is 10.4 Å². The fourth-order valence-corrected chi connectivity index (χ4v) is 5.83.